The quantitative estimate of drug-likeness (QED) is 0.800. The Morgan fingerprint density at radius 2 is 2.30 bits per heavy atom. The van der Waals surface area contributed by atoms with Crippen molar-refractivity contribution in [2.75, 3.05) is 6.61 Å². The third kappa shape index (κ3) is 3.82. The summed E-state index contributed by atoms with van der Waals surface area (Å²) in [4.78, 5) is 24.4. The molecule has 0 spiro atoms. The highest BCUT2D eigenvalue weighted by atomic mass is 32.2. The summed E-state index contributed by atoms with van der Waals surface area (Å²) in [5.41, 5.74) is 0. The Kier molecular flexibility index (Phi) is 5.17. The lowest BCUT2D eigenvalue weighted by atomic mass is 9.88. The van der Waals surface area contributed by atoms with E-state index in [1.807, 2.05) is 0 Å². The Balaban J connectivity index is 2.02. The van der Waals surface area contributed by atoms with Crippen molar-refractivity contribution in [3.05, 3.63) is 30.1 Å². The molecule has 1 fully saturated rings. The molecule has 0 bridgehead atoms. The van der Waals surface area contributed by atoms with E-state index in [9.17, 15) is 14.0 Å². The number of ether oxygens (including phenoxy) is 1. The second kappa shape index (κ2) is 6.88. The molecule has 108 valence electrons. The van der Waals surface area contributed by atoms with Gasteiger partial charge in [0, 0.05) is 11.3 Å². The Labute approximate surface area is 121 Å². The van der Waals surface area contributed by atoms with Gasteiger partial charge in [-0.2, -0.15) is 0 Å². The van der Waals surface area contributed by atoms with Crippen LogP contribution in [-0.2, 0) is 14.3 Å². The number of ketones is 1. The predicted molar refractivity (Wildman–Crippen MR) is 75.0 cm³/mol. The maximum atomic E-state index is 13.2. The number of benzene rings is 1. The van der Waals surface area contributed by atoms with Crippen molar-refractivity contribution >= 4 is 23.5 Å². The van der Waals surface area contributed by atoms with Gasteiger partial charge >= 0.3 is 5.97 Å². The van der Waals surface area contributed by atoms with Crippen molar-refractivity contribution in [2.24, 2.45) is 5.92 Å². The van der Waals surface area contributed by atoms with E-state index in [2.05, 4.69) is 0 Å². The summed E-state index contributed by atoms with van der Waals surface area (Å²) < 4.78 is 18.2. The van der Waals surface area contributed by atoms with Crippen LogP contribution in [0.3, 0.4) is 0 Å². The van der Waals surface area contributed by atoms with Crippen LogP contribution in [-0.4, -0.2) is 23.6 Å². The fourth-order valence-corrected chi connectivity index (χ4v) is 3.52. The fraction of sp³-hybridized carbons (Fsp3) is 0.467. The van der Waals surface area contributed by atoms with Crippen LogP contribution in [0.4, 0.5) is 4.39 Å². The molecule has 1 saturated carbocycles. The fourth-order valence-electron chi connectivity index (χ4n) is 2.28. The first-order chi connectivity index (χ1) is 9.60. The van der Waals surface area contributed by atoms with Crippen molar-refractivity contribution in [3.63, 3.8) is 0 Å². The average Bonchev–Trinajstić information content (AvgIpc) is 2.41. The monoisotopic (exact) mass is 296 g/mol. The number of rotatable bonds is 4. The van der Waals surface area contributed by atoms with Gasteiger partial charge in [0.2, 0.25) is 0 Å². The van der Waals surface area contributed by atoms with E-state index in [0.717, 1.165) is 0 Å². The van der Waals surface area contributed by atoms with E-state index in [1.165, 1.54) is 23.9 Å². The lowest BCUT2D eigenvalue weighted by Crippen LogP contribution is -2.32. The summed E-state index contributed by atoms with van der Waals surface area (Å²) in [6.45, 7) is 2.12. The Morgan fingerprint density at radius 1 is 1.50 bits per heavy atom. The molecule has 5 heteroatoms. The van der Waals surface area contributed by atoms with Crippen molar-refractivity contribution in [1.29, 1.82) is 0 Å². The second-order valence-corrected chi connectivity index (χ2v) is 6.03. The van der Waals surface area contributed by atoms with Crippen LogP contribution in [0.25, 0.3) is 0 Å². The summed E-state index contributed by atoms with van der Waals surface area (Å²) in [6, 6.07) is 6.17. The number of hydrogen-bond donors (Lipinski definition) is 0. The van der Waals surface area contributed by atoms with E-state index >= 15 is 0 Å². The zero-order valence-corrected chi connectivity index (χ0v) is 12.1. The summed E-state index contributed by atoms with van der Waals surface area (Å²) in [6.07, 6.45) is 1.41. The molecule has 0 aliphatic heterocycles. The molecule has 2 rings (SSSR count). The van der Waals surface area contributed by atoms with Crippen LogP contribution < -0.4 is 0 Å². The summed E-state index contributed by atoms with van der Waals surface area (Å²) in [5.74, 6) is -0.649. The van der Waals surface area contributed by atoms with Crippen LogP contribution in [0.1, 0.15) is 26.2 Å². The molecule has 0 aromatic heterocycles. The molecule has 0 N–H and O–H groups in total. The van der Waals surface area contributed by atoms with Crippen LogP contribution in [0.2, 0.25) is 0 Å². The predicted octanol–water partition coefficient (Wildman–Crippen LogP) is 3.22. The summed E-state index contributed by atoms with van der Waals surface area (Å²) >= 11 is 1.33. The van der Waals surface area contributed by atoms with Gasteiger partial charge in [0.05, 0.1) is 17.8 Å². The molecule has 20 heavy (non-hydrogen) atoms. The molecular formula is C15H17FO3S. The summed E-state index contributed by atoms with van der Waals surface area (Å²) in [7, 11) is 0. The number of hydrogen-bond acceptors (Lipinski definition) is 4. The molecule has 1 aliphatic carbocycles. The molecule has 1 aliphatic rings. The van der Waals surface area contributed by atoms with Crippen LogP contribution in [0.15, 0.2) is 29.2 Å². The van der Waals surface area contributed by atoms with E-state index in [-0.39, 0.29) is 28.7 Å². The lowest BCUT2D eigenvalue weighted by molar-refractivity contribution is -0.149. The number of halogens is 1. The second-order valence-electron chi connectivity index (χ2n) is 4.75. The van der Waals surface area contributed by atoms with E-state index in [1.54, 1.807) is 19.1 Å². The van der Waals surface area contributed by atoms with Crippen molar-refractivity contribution in [3.8, 4) is 0 Å². The standard InChI is InChI=1S/C15H17FO3S/c1-2-19-15(18)10-6-7-13(17)14(8-10)20-12-5-3-4-11(16)9-12/h3-5,9-10,14H,2,6-8H2,1H3. The lowest BCUT2D eigenvalue weighted by Gasteiger charge is -2.26. The topological polar surface area (TPSA) is 43.4 Å². The molecule has 0 radical (unpaired) electrons. The molecule has 3 nitrogen and oxygen atoms in total. The maximum absolute atomic E-state index is 13.2. The average molecular weight is 296 g/mol. The van der Waals surface area contributed by atoms with Gasteiger partial charge in [0.1, 0.15) is 11.6 Å². The molecule has 1 aromatic carbocycles. The zero-order chi connectivity index (χ0) is 14.5. The molecule has 0 heterocycles. The first-order valence-corrected chi connectivity index (χ1v) is 7.59. The SMILES string of the molecule is CCOC(=O)C1CCC(=O)C(Sc2cccc(F)c2)C1. The number of carbonyl (C=O) groups is 2. The van der Waals surface area contributed by atoms with E-state index < -0.39 is 0 Å². The highest BCUT2D eigenvalue weighted by molar-refractivity contribution is 8.00. The normalized spacial score (nSPS) is 22.6. The molecular weight excluding hydrogens is 279 g/mol. The highest BCUT2D eigenvalue weighted by Gasteiger charge is 2.33. The Bertz CT molecular complexity index is 504. The number of thioether (sulfide) groups is 1. The smallest absolute Gasteiger partial charge is 0.308 e. The van der Waals surface area contributed by atoms with Gasteiger partial charge < -0.3 is 4.74 Å². The molecule has 2 atom stereocenters. The van der Waals surface area contributed by atoms with Gasteiger partial charge in [-0.05, 0) is 38.0 Å². The Hall–Kier alpha value is -1.36. The van der Waals surface area contributed by atoms with Crippen LogP contribution >= 0.6 is 11.8 Å². The third-order valence-electron chi connectivity index (χ3n) is 3.29. The van der Waals surface area contributed by atoms with Crippen molar-refractivity contribution < 1.29 is 18.7 Å². The minimum absolute atomic E-state index is 0.125. The highest BCUT2D eigenvalue weighted by Crippen LogP contribution is 2.35. The minimum atomic E-state index is -0.319. The van der Waals surface area contributed by atoms with Gasteiger partial charge in [-0.15, -0.1) is 11.8 Å². The number of Topliss-reactive ketones (excluding diaryl/α,β-unsaturated/α-hetero) is 1. The summed E-state index contributed by atoms with van der Waals surface area (Å²) in [5, 5.41) is -0.292. The molecule has 2 unspecified atom stereocenters. The largest absolute Gasteiger partial charge is 0.466 e. The van der Waals surface area contributed by atoms with Gasteiger partial charge in [-0.25, -0.2) is 4.39 Å². The first kappa shape index (κ1) is 15.0. The van der Waals surface area contributed by atoms with Crippen LogP contribution in [0, 0.1) is 11.7 Å². The van der Waals surface area contributed by atoms with Gasteiger partial charge in [0.25, 0.3) is 0 Å². The maximum Gasteiger partial charge on any atom is 0.308 e. The number of esters is 1. The van der Waals surface area contributed by atoms with Gasteiger partial charge in [0.15, 0.2) is 0 Å². The van der Waals surface area contributed by atoms with Gasteiger partial charge in [-0.1, -0.05) is 6.07 Å². The minimum Gasteiger partial charge on any atom is -0.466 e. The molecule has 0 saturated heterocycles. The van der Waals surface area contributed by atoms with Crippen molar-refractivity contribution in [1.82, 2.24) is 0 Å². The Morgan fingerprint density at radius 3 is 3.00 bits per heavy atom. The first-order valence-electron chi connectivity index (χ1n) is 6.71. The van der Waals surface area contributed by atoms with Crippen LogP contribution in [0.5, 0.6) is 0 Å². The van der Waals surface area contributed by atoms with Gasteiger partial charge in [-0.3, -0.25) is 9.59 Å². The third-order valence-corrected chi connectivity index (χ3v) is 4.56. The molecule has 0 amide bonds. The van der Waals surface area contributed by atoms with E-state index in [4.69, 9.17) is 4.74 Å². The zero-order valence-electron chi connectivity index (χ0n) is 11.3. The number of carbonyl (C=O) groups excluding carboxylic acids is 2. The van der Waals surface area contributed by atoms with E-state index in [0.29, 0.717) is 30.8 Å². The van der Waals surface area contributed by atoms with Crippen molar-refractivity contribution in [2.45, 2.75) is 36.3 Å². The molecule has 1 aromatic rings.